The average molecular weight is 382 g/mol. The number of hydrogen-bond donors (Lipinski definition) is 1. The highest BCUT2D eigenvalue weighted by Crippen LogP contribution is 2.27. The molecule has 1 aliphatic heterocycles. The van der Waals surface area contributed by atoms with Crippen LogP contribution in [0.2, 0.25) is 0 Å². The molecule has 3 aromatic rings. The van der Waals surface area contributed by atoms with Gasteiger partial charge in [-0.15, -0.1) is 10.2 Å². The number of anilines is 1. The summed E-state index contributed by atoms with van der Waals surface area (Å²) in [5.74, 6) is 0.152. The standard InChI is InChI=1S/C20H23N5OS/c26-18(21-11-10-16-7-2-1-3-8-16)17-9-6-14-25(15-17)20-23-22-19(27-20)24-12-4-5-13-24/h1-5,7-8,12-13,17H,6,9-11,14-15H2,(H,21,26)/t17-/m0/s1. The van der Waals surface area contributed by atoms with E-state index in [0.717, 1.165) is 36.1 Å². The Hall–Kier alpha value is -2.67. The van der Waals surface area contributed by atoms with Gasteiger partial charge < -0.3 is 10.2 Å². The first-order valence-electron chi connectivity index (χ1n) is 9.33. The number of aromatic nitrogens is 3. The van der Waals surface area contributed by atoms with Crippen molar-refractivity contribution in [2.75, 3.05) is 24.5 Å². The van der Waals surface area contributed by atoms with Gasteiger partial charge in [0.05, 0.1) is 5.92 Å². The molecule has 2 aromatic heterocycles. The van der Waals surface area contributed by atoms with Gasteiger partial charge >= 0.3 is 0 Å². The first-order valence-corrected chi connectivity index (χ1v) is 10.1. The van der Waals surface area contributed by atoms with E-state index in [1.54, 1.807) is 11.3 Å². The Balaban J connectivity index is 1.32. The largest absolute Gasteiger partial charge is 0.355 e. The van der Waals surface area contributed by atoms with Crippen molar-refractivity contribution in [3.8, 4) is 5.13 Å². The first-order chi connectivity index (χ1) is 13.3. The summed E-state index contributed by atoms with van der Waals surface area (Å²) in [6.45, 7) is 2.31. The van der Waals surface area contributed by atoms with E-state index in [0.29, 0.717) is 13.1 Å². The third-order valence-corrected chi connectivity index (χ3v) is 5.84. The van der Waals surface area contributed by atoms with Gasteiger partial charge in [0, 0.05) is 32.0 Å². The minimum atomic E-state index is 0.00783. The van der Waals surface area contributed by atoms with Crippen LogP contribution in [0.3, 0.4) is 0 Å². The number of piperidine rings is 1. The molecule has 1 saturated heterocycles. The zero-order valence-corrected chi connectivity index (χ0v) is 15.9. The molecule has 6 nitrogen and oxygen atoms in total. The second-order valence-corrected chi connectivity index (χ2v) is 7.70. The number of carbonyl (C=O) groups excluding carboxylic acids is 1. The summed E-state index contributed by atoms with van der Waals surface area (Å²) < 4.78 is 1.96. The molecule has 0 radical (unpaired) electrons. The molecule has 1 fully saturated rings. The Labute approximate surface area is 162 Å². The summed E-state index contributed by atoms with van der Waals surface area (Å²) in [7, 11) is 0. The number of benzene rings is 1. The summed E-state index contributed by atoms with van der Waals surface area (Å²) >= 11 is 1.56. The zero-order valence-electron chi connectivity index (χ0n) is 15.1. The van der Waals surface area contributed by atoms with Crippen molar-refractivity contribution in [1.29, 1.82) is 0 Å². The predicted molar refractivity (Wildman–Crippen MR) is 107 cm³/mol. The Morgan fingerprint density at radius 2 is 1.89 bits per heavy atom. The smallest absolute Gasteiger partial charge is 0.224 e. The molecule has 140 valence electrons. The van der Waals surface area contributed by atoms with Crippen LogP contribution in [-0.2, 0) is 11.2 Å². The van der Waals surface area contributed by atoms with E-state index in [-0.39, 0.29) is 11.8 Å². The Morgan fingerprint density at radius 1 is 1.11 bits per heavy atom. The molecule has 1 aliphatic rings. The Kier molecular flexibility index (Phi) is 5.48. The minimum absolute atomic E-state index is 0.00783. The van der Waals surface area contributed by atoms with Gasteiger partial charge in [-0.2, -0.15) is 0 Å². The fourth-order valence-corrected chi connectivity index (χ4v) is 4.23. The predicted octanol–water partition coefficient (Wildman–Crippen LogP) is 2.90. The summed E-state index contributed by atoms with van der Waals surface area (Å²) in [4.78, 5) is 14.8. The fourth-order valence-electron chi connectivity index (χ4n) is 3.39. The highest BCUT2D eigenvalue weighted by atomic mass is 32.1. The molecule has 1 atom stereocenters. The lowest BCUT2D eigenvalue weighted by molar-refractivity contribution is -0.125. The van der Waals surface area contributed by atoms with Gasteiger partial charge in [-0.05, 0) is 37.0 Å². The van der Waals surface area contributed by atoms with Crippen molar-refractivity contribution < 1.29 is 4.79 Å². The van der Waals surface area contributed by atoms with Gasteiger partial charge in [0.15, 0.2) is 0 Å². The van der Waals surface area contributed by atoms with Gasteiger partial charge in [-0.1, -0.05) is 41.7 Å². The van der Waals surface area contributed by atoms with Gasteiger partial charge in [0.1, 0.15) is 0 Å². The summed E-state index contributed by atoms with van der Waals surface area (Å²) in [5, 5.41) is 13.4. The topological polar surface area (TPSA) is 63.1 Å². The maximum absolute atomic E-state index is 12.6. The van der Waals surface area contributed by atoms with E-state index < -0.39 is 0 Å². The number of nitrogens with one attached hydrogen (secondary N) is 1. The zero-order chi connectivity index (χ0) is 18.5. The van der Waals surface area contributed by atoms with Crippen molar-refractivity contribution in [2.45, 2.75) is 19.3 Å². The lowest BCUT2D eigenvalue weighted by Crippen LogP contribution is -2.43. The van der Waals surface area contributed by atoms with Gasteiger partial charge in [0.25, 0.3) is 0 Å². The van der Waals surface area contributed by atoms with Gasteiger partial charge in [-0.25, -0.2) is 0 Å². The molecule has 3 heterocycles. The summed E-state index contributed by atoms with van der Waals surface area (Å²) in [5.41, 5.74) is 1.24. The van der Waals surface area contributed by atoms with E-state index in [1.807, 2.05) is 47.3 Å². The highest BCUT2D eigenvalue weighted by Gasteiger charge is 2.27. The van der Waals surface area contributed by atoms with E-state index in [2.05, 4.69) is 32.5 Å². The number of nitrogens with zero attached hydrogens (tertiary/aromatic N) is 4. The SMILES string of the molecule is O=C(NCCc1ccccc1)[C@H]1CCCN(c2nnc(-n3cccc3)s2)C1. The van der Waals surface area contributed by atoms with Crippen LogP contribution in [0, 0.1) is 5.92 Å². The van der Waals surface area contributed by atoms with Crippen molar-refractivity contribution in [1.82, 2.24) is 20.1 Å². The molecule has 4 rings (SSSR count). The fraction of sp³-hybridized carbons (Fsp3) is 0.350. The Bertz CT molecular complexity index is 862. The molecule has 1 aromatic carbocycles. The molecule has 7 heteroatoms. The second-order valence-electron chi connectivity index (χ2n) is 6.77. The maximum atomic E-state index is 12.6. The van der Waals surface area contributed by atoms with Crippen LogP contribution < -0.4 is 10.2 Å². The van der Waals surface area contributed by atoms with Crippen LogP contribution in [0.4, 0.5) is 5.13 Å². The molecule has 27 heavy (non-hydrogen) atoms. The molecule has 0 saturated carbocycles. The van der Waals surface area contributed by atoms with E-state index in [1.165, 1.54) is 5.56 Å². The number of carbonyl (C=O) groups is 1. The second kappa shape index (κ2) is 8.35. The van der Waals surface area contributed by atoms with Crippen molar-refractivity contribution in [3.05, 3.63) is 60.4 Å². The summed E-state index contributed by atoms with van der Waals surface area (Å²) in [6, 6.07) is 14.2. The van der Waals surface area contributed by atoms with Crippen LogP contribution in [-0.4, -0.2) is 40.3 Å². The van der Waals surface area contributed by atoms with E-state index >= 15 is 0 Å². The highest BCUT2D eigenvalue weighted by molar-refractivity contribution is 7.17. The lowest BCUT2D eigenvalue weighted by Gasteiger charge is -2.31. The molecule has 0 bridgehead atoms. The number of amides is 1. The number of rotatable bonds is 6. The molecular weight excluding hydrogens is 358 g/mol. The normalized spacial score (nSPS) is 17.0. The summed E-state index contributed by atoms with van der Waals surface area (Å²) in [6.07, 6.45) is 6.71. The molecule has 1 N–H and O–H groups in total. The lowest BCUT2D eigenvalue weighted by atomic mass is 9.97. The van der Waals surface area contributed by atoms with Crippen molar-refractivity contribution >= 4 is 22.4 Å². The van der Waals surface area contributed by atoms with Gasteiger partial charge in [-0.3, -0.25) is 9.36 Å². The minimum Gasteiger partial charge on any atom is -0.355 e. The molecular formula is C20H23N5OS. The maximum Gasteiger partial charge on any atom is 0.224 e. The molecule has 0 spiro atoms. The average Bonchev–Trinajstić information content (AvgIpc) is 3.40. The third-order valence-electron chi connectivity index (χ3n) is 4.85. The van der Waals surface area contributed by atoms with Crippen molar-refractivity contribution in [3.63, 3.8) is 0 Å². The van der Waals surface area contributed by atoms with Gasteiger partial charge in [0.2, 0.25) is 16.2 Å². The van der Waals surface area contributed by atoms with Crippen LogP contribution in [0.25, 0.3) is 5.13 Å². The first kappa shape index (κ1) is 17.7. The van der Waals surface area contributed by atoms with E-state index in [4.69, 9.17) is 0 Å². The molecule has 0 aliphatic carbocycles. The van der Waals surface area contributed by atoms with Crippen LogP contribution >= 0.6 is 11.3 Å². The van der Waals surface area contributed by atoms with Crippen LogP contribution in [0.1, 0.15) is 18.4 Å². The van der Waals surface area contributed by atoms with E-state index in [9.17, 15) is 4.79 Å². The van der Waals surface area contributed by atoms with Crippen LogP contribution in [0.15, 0.2) is 54.9 Å². The third kappa shape index (κ3) is 4.36. The number of hydrogen-bond acceptors (Lipinski definition) is 5. The molecule has 0 unspecified atom stereocenters. The quantitative estimate of drug-likeness (QED) is 0.713. The van der Waals surface area contributed by atoms with Crippen LogP contribution in [0.5, 0.6) is 0 Å². The monoisotopic (exact) mass is 381 g/mol. The van der Waals surface area contributed by atoms with Crippen molar-refractivity contribution in [2.24, 2.45) is 5.92 Å². The Morgan fingerprint density at radius 3 is 2.70 bits per heavy atom. The molecule has 1 amide bonds.